The van der Waals surface area contributed by atoms with Gasteiger partial charge in [-0.3, -0.25) is 0 Å². The molecule has 4 rings (SSSR count). The Morgan fingerprint density at radius 3 is 1.47 bits per heavy atom. The maximum atomic E-state index is 12.8. The molecule has 0 aliphatic carbocycles. The molecule has 0 radical (unpaired) electrons. The van der Waals surface area contributed by atoms with Crippen molar-refractivity contribution in [2.24, 2.45) is 5.10 Å². The van der Waals surface area contributed by atoms with Crippen LogP contribution < -0.4 is 4.83 Å². The summed E-state index contributed by atoms with van der Waals surface area (Å²) in [5.74, 6) is 0. The Kier molecular flexibility index (Phi) is 6.19. The number of hydrazone groups is 1. The van der Waals surface area contributed by atoms with Gasteiger partial charge in [0.15, 0.2) is 0 Å². The maximum absolute atomic E-state index is 12.8. The van der Waals surface area contributed by atoms with Crippen molar-refractivity contribution in [3.8, 4) is 0 Å². The maximum Gasteiger partial charge on any atom is 0.276 e. The predicted molar refractivity (Wildman–Crippen MR) is 129 cm³/mol. The lowest BCUT2D eigenvalue weighted by Crippen LogP contribution is -2.32. The number of nitrogens with one attached hydrogen (secondary N) is 1. The van der Waals surface area contributed by atoms with Gasteiger partial charge in [-0.1, -0.05) is 109 Å². The molecule has 0 amide bonds. The van der Waals surface area contributed by atoms with E-state index in [1.807, 2.05) is 97.9 Å². The van der Waals surface area contributed by atoms with Crippen LogP contribution in [0.3, 0.4) is 0 Å². The number of hydrogen-bond acceptors (Lipinski definition) is 3. The second-order valence-electron chi connectivity index (χ2n) is 7.57. The van der Waals surface area contributed by atoms with Crippen LogP contribution in [-0.2, 0) is 15.4 Å². The second-order valence-corrected chi connectivity index (χ2v) is 9.23. The van der Waals surface area contributed by atoms with Crippen molar-refractivity contribution in [3.63, 3.8) is 0 Å². The van der Waals surface area contributed by atoms with E-state index in [-0.39, 0.29) is 4.90 Å². The molecule has 160 valence electrons. The molecule has 0 atom stereocenters. The van der Waals surface area contributed by atoms with E-state index in [1.54, 1.807) is 30.5 Å². The first kappa shape index (κ1) is 21.5. The highest BCUT2D eigenvalue weighted by Gasteiger charge is 2.35. The molecule has 0 aromatic heterocycles. The number of benzene rings is 4. The Morgan fingerprint density at radius 1 is 0.656 bits per heavy atom. The molecule has 0 aliphatic rings. The van der Waals surface area contributed by atoms with Crippen LogP contribution in [0.4, 0.5) is 0 Å². The topological polar surface area (TPSA) is 58.5 Å². The molecule has 0 spiro atoms. The number of sulfonamides is 1. The zero-order chi connectivity index (χ0) is 22.4. The van der Waals surface area contributed by atoms with Crippen molar-refractivity contribution in [3.05, 3.63) is 138 Å². The summed E-state index contributed by atoms with van der Waals surface area (Å²) in [6.45, 7) is 1.91. The summed E-state index contributed by atoms with van der Waals surface area (Å²) in [4.78, 5) is 2.57. The van der Waals surface area contributed by atoms with Crippen LogP contribution in [0.5, 0.6) is 0 Å². The van der Waals surface area contributed by atoms with E-state index in [0.29, 0.717) is 0 Å². The molecule has 0 unspecified atom stereocenters. The number of hydrogen-bond donors (Lipinski definition) is 1. The Bertz CT molecular complexity index is 1190. The summed E-state index contributed by atoms with van der Waals surface area (Å²) < 4.78 is 25.6. The van der Waals surface area contributed by atoms with Gasteiger partial charge in [-0.15, -0.1) is 0 Å². The van der Waals surface area contributed by atoms with Crippen LogP contribution in [0.15, 0.2) is 125 Å². The molecule has 1 N–H and O–H groups in total. The summed E-state index contributed by atoms with van der Waals surface area (Å²) in [5.41, 5.74) is 3.16. The van der Waals surface area contributed by atoms with Gasteiger partial charge in [-0.25, -0.2) is 4.83 Å². The molecule has 5 heteroatoms. The van der Waals surface area contributed by atoms with Gasteiger partial charge in [-0.2, -0.15) is 13.5 Å². The van der Waals surface area contributed by atoms with E-state index >= 15 is 0 Å². The van der Waals surface area contributed by atoms with E-state index in [1.165, 1.54) is 0 Å². The minimum atomic E-state index is -3.79. The molecule has 4 aromatic rings. The van der Waals surface area contributed by atoms with Crippen LogP contribution in [0.2, 0.25) is 0 Å². The third-order valence-corrected chi connectivity index (χ3v) is 6.69. The minimum absolute atomic E-state index is 0.171. The van der Waals surface area contributed by atoms with Crippen molar-refractivity contribution in [2.45, 2.75) is 17.2 Å². The number of nitrogens with zero attached hydrogens (tertiary/aromatic N) is 1. The molecule has 0 heterocycles. The molecule has 4 nitrogen and oxygen atoms in total. The molecule has 4 aromatic carbocycles. The van der Waals surface area contributed by atoms with E-state index < -0.39 is 15.4 Å². The molecule has 0 saturated carbocycles. The van der Waals surface area contributed by atoms with Crippen LogP contribution in [0.1, 0.15) is 22.3 Å². The Hall–Kier alpha value is -3.70. The van der Waals surface area contributed by atoms with Crippen molar-refractivity contribution < 1.29 is 8.42 Å². The molecule has 0 bridgehead atoms. The SMILES string of the molecule is Cc1ccc(S(=O)(=O)N/N=C\C(c2ccccc2)(c2ccccc2)c2ccccc2)cc1. The molecule has 0 saturated heterocycles. The van der Waals surface area contributed by atoms with E-state index in [9.17, 15) is 8.42 Å². The number of rotatable bonds is 7. The summed E-state index contributed by atoms with van der Waals surface area (Å²) in [6, 6.07) is 36.6. The largest absolute Gasteiger partial charge is 0.276 e. The van der Waals surface area contributed by atoms with Gasteiger partial charge in [0.05, 0.1) is 10.3 Å². The molecule has 32 heavy (non-hydrogen) atoms. The Balaban J connectivity index is 1.83. The van der Waals surface area contributed by atoms with E-state index in [4.69, 9.17) is 0 Å². The average molecular weight is 441 g/mol. The summed E-state index contributed by atoms with van der Waals surface area (Å²) in [5, 5.41) is 4.28. The Morgan fingerprint density at radius 2 is 1.06 bits per heavy atom. The fourth-order valence-electron chi connectivity index (χ4n) is 3.79. The highest BCUT2D eigenvalue weighted by molar-refractivity contribution is 7.89. The number of aryl methyl sites for hydroxylation is 1. The third-order valence-electron chi connectivity index (χ3n) is 5.45. The van der Waals surface area contributed by atoms with Crippen molar-refractivity contribution >= 4 is 16.2 Å². The smallest absolute Gasteiger partial charge is 0.200 e. The zero-order valence-electron chi connectivity index (χ0n) is 17.7. The third kappa shape index (κ3) is 4.34. The van der Waals surface area contributed by atoms with Gasteiger partial charge < -0.3 is 0 Å². The zero-order valence-corrected chi connectivity index (χ0v) is 18.5. The van der Waals surface area contributed by atoms with Crippen LogP contribution >= 0.6 is 0 Å². The highest BCUT2D eigenvalue weighted by Crippen LogP contribution is 2.37. The van der Waals surface area contributed by atoms with E-state index in [2.05, 4.69) is 9.93 Å². The second kappa shape index (κ2) is 9.20. The monoisotopic (exact) mass is 440 g/mol. The fourth-order valence-corrected chi connectivity index (χ4v) is 4.58. The summed E-state index contributed by atoms with van der Waals surface area (Å²) in [7, 11) is -3.79. The minimum Gasteiger partial charge on any atom is -0.200 e. The Labute approximate surface area is 189 Å². The normalized spacial score (nSPS) is 12.0. The lowest BCUT2D eigenvalue weighted by molar-refractivity contribution is 0.584. The quantitative estimate of drug-likeness (QED) is 0.241. The van der Waals surface area contributed by atoms with E-state index in [0.717, 1.165) is 22.3 Å². The molecule has 0 aliphatic heterocycles. The predicted octanol–water partition coefficient (Wildman–Crippen LogP) is 5.29. The standard InChI is InChI=1S/C27H24N2O2S/c1-22-17-19-26(20-18-22)32(30,31)29-28-21-27(23-11-5-2-6-12-23,24-13-7-3-8-14-24)25-15-9-4-10-16-25/h2-21,29H,1H3/b28-21-. The van der Waals surface area contributed by atoms with Gasteiger partial charge in [0.2, 0.25) is 0 Å². The summed E-state index contributed by atoms with van der Waals surface area (Å²) >= 11 is 0. The highest BCUT2D eigenvalue weighted by atomic mass is 32.2. The van der Waals surface area contributed by atoms with Crippen LogP contribution in [0, 0.1) is 6.92 Å². The van der Waals surface area contributed by atoms with Gasteiger partial charge in [0, 0.05) is 6.21 Å². The van der Waals surface area contributed by atoms with Crippen molar-refractivity contribution in [1.29, 1.82) is 0 Å². The first-order valence-electron chi connectivity index (χ1n) is 10.3. The van der Waals surface area contributed by atoms with Gasteiger partial charge in [0.1, 0.15) is 0 Å². The lowest BCUT2D eigenvalue weighted by atomic mass is 9.70. The lowest BCUT2D eigenvalue weighted by Gasteiger charge is -2.32. The first-order chi connectivity index (χ1) is 15.5. The van der Waals surface area contributed by atoms with Crippen molar-refractivity contribution in [2.75, 3.05) is 0 Å². The van der Waals surface area contributed by atoms with Crippen LogP contribution in [-0.4, -0.2) is 14.6 Å². The molecule has 0 fully saturated rings. The van der Waals surface area contributed by atoms with Gasteiger partial charge in [-0.05, 0) is 35.7 Å². The van der Waals surface area contributed by atoms with Gasteiger partial charge in [0.25, 0.3) is 10.0 Å². The van der Waals surface area contributed by atoms with Crippen molar-refractivity contribution in [1.82, 2.24) is 4.83 Å². The first-order valence-corrected chi connectivity index (χ1v) is 11.8. The van der Waals surface area contributed by atoms with Gasteiger partial charge >= 0.3 is 0 Å². The molecular formula is C27H24N2O2S. The van der Waals surface area contributed by atoms with Crippen LogP contribution in [0.25, 0.3) is 0 Å². The molecular weight excluding hydrogens is 416 g/mol. The average Bonchev–Trinajstić information content (AvgIpc) is 2.84. The fraction of sp³-hybridized carbons (Fsp3) is 0.0741. The summed E-state index contributed by atoms with van der Waals surface area (Å²) in [6.07, 6.45) is 1.68.